The fraction of sp³-hybridized carbons (Fsp3) is 1.00. The SMILES string of the molecule is CB1N(C(C)C)C(C)CC(C)N1C(C)C. The van der Waals surface area contributed by atoms with Gasteiger partial charge in [-0.05, 0) is 30.6 Å². The Hall–Kier alpha value is -0.0151. The first kappa shape index (κ1) is 13.1. The molecule has 0 aromatic heterocycles. The van der Waals surface area contributed by atoms with E-state index in [9.17, 15) is 0 Å². The van der Waals surface area contributed by atoms with Crippen LogP contribution in [0.4, 0.5) is 0 Å². The summed E-state index contributed by atoms with van der Waals surface area (Å²) < 4.78 is 0. The van der Waals surface area contributed by atoms with Gasteiger partial charge in [0, 0.05) is 0 Å². The summed E-state index contributed by atoms with van der Waals surface area (Å²) in [5.41, 5.74) is 0. The zero-order valence-corrected chi connectivity index (χ0v) is 11.5. The van der Waals surface area contributed by atoms with Crippen LogP contribution >= 0.6 is 0 Å². The molecule has 1 fully saturated rings. The molecule has 15 heavy (non-hydrogen) atoms. The standard InChI is InChI=1S/C12H27BN2/c1-9(2)14-11(5)8-12(6)15(10(3)4)13(14)7/h9-12H,8H2,1-7H3. The molecule has 0 aliphatic carbocycles. The predicted octanol–water partition coefficient (Wildman–Crippen LogP) is 2.71. The van der Waals surface area contributed by atoms with Gasteiger partial charge in [0.1, 0.15) is 0 Å². The smallest absolute Gasteiger partial charge is 0.308 e. The van der Waals surface area contributed by atoms with E-state index in [1.54, 1.807) is 0 Å². The van der Waals surface area contributed by atoms with Gasteiger partial charge in [-0.3, -0.25) is 0 Å². The molecule has 1 aliphatic rings. The first-order valence-corrected chi connectivity index (χ1v) is 6.41. The third-order valence-corrected chi connectivity index (χ3v) is 3.76. The lowest BCUT2D eigenvalue weighted by Gasteiger charge is -2.51. The second kappa shape index (κ2) is 4.88. The van der Waals surface area contributed by atoms with Gasteiger partial charge in [-0.15, -0.1) is 0 Å². The zero-order chi connectivity index (χ0) is 11.7. The maximum Gasteiger partial charge on any atom is 0.308 e. The minimum Gasteiger partial charge on any atom is -0.324 e. The molecule has 1 aliphatic heterocycles. The Balaban J connectivity index is 2.84. The Morgan fingerprint density at radius 2 is 1.27 bits per heavy atom. The van der Waals surface area contributed by atoms with E-state index < -0.39 is 0 Å². The Morgan fingerprint density at radius 1 is 0.933 bits per heavy atom. The molecule has 0 N–H and O–H groups in total. The van der Waals surface area contributed by atoms with Crippen molar-refractivity contribution in [2.45, 2.75) is 79.0 Å². The second-order valence-electron chi connectivity index (χ2n) is 5.65. The van der Waals surface area contributed by atoms with Gasteiger partial charge in [0.05, 0.1) is 0 Å². The van der Waals surface area contributed by atoms with Crippen LogP contribution in [0.1, 0.15) is 48.0 Å². The van der Waals surface area contributed by atoms with E-state index in [0.717, 1.165) is 0 Å². The van der Waals surface area contributed by atoms with Crippen molar-refractivity contribution in [2.24, 2.45) is 0 Å². The number of nitrogens with zero attached hydrogens (tertiary/aromatic N) is 2. The van der Waals surface area contributed by atoms with Crippen molar-refractivity contribution in [1.29, 1.82) is 0 Å². The molecule has 1 rings (SSSR count). The summed E-state index contributed by atoms with van der Waals surface area (Å²) in [5.74, 6) is 0. The maximum atomic E-state index is 2.64. The highest BCUT2D eigenvalue weighted by molar-refractivity contribution is 6.51. The number of hydrogen-bond donors (Lipinski definition) is 0. The number of hydrogen-bond acceptors (Lipinski definition) is 2. The second-order valence-corrected chi connectivity index (χ2v) is 5.65. The van der Waals surface area contributed by atoms with Crippen molar-refractivity contribution in [1.82, 2.24) is 9.62 Å². The van der Waals surface area contributed by atoms with E-state index in [2.05, 4.69) is 58.0 Å². The molecule has 3 heteroatoms. The fourth-order valence-corrected chi connectivity index (χ4v) is 3.51. The van der Waals surface area contributed by atoms with E-state index in [0.29, 0.717) is 31.1 Å². The van der Waals surface area contributed by atoms with Crippen LogP contribution < -0.4 is 0 Å². The highest BCUT2D eigenvalue weighted by Gasteiger charge is 2.39. The molecule has 0 aromatic carbocycles. The van der Waals surface area contributed by atoms with Gasteiger partial charge in [0.2, 0.25) is 0 Å². The normalized spacial score (nSPS) is 30.6. The van der Waals surface area contributed by atoms with Gasteiger partial charge in [-0.1, -0.05) is 48.4 Å². The molecule has 1 saturated heterocycles. The van der Waals surface area contributed by atoms with E-state index in [4.69, 9.17) is 0 Å². The molecular formula is C12H27BN2. The highest BCUT2D eigenvalue weighted by Crippen LogP contribution is 2.26. The van der Waals surface area contributed by atoms with Gasteiger partial charge < -0.3 is 9.62 Å². The maximum absolute atomic E-state index is 2.64. The quantitative estimate of drug-likeness (QED) is 0.646. The van der Waals surface area contributed by atoms with Gasteiger partial charge in [0.25, 0.3) is 0 Å². The van der Waals surface area contributed by atoms with E-state index in [1.807, 2.05) is 0 Å². The molecule has 1 heterocycles. The zero-order valence-electron chi connectivity index (χ0n) is 11.5. The molecule has 0 aromatic rings. The minimum atomic E-state index is 0.573. The molecule has 88 valence electrons. The Labute approximate surface area is 96.1 Å². The largest absolute Gasteiger partial charge is 0.324 e. The van der Waals surface area contributed by atoms with Crippen molar-refractivity contribution < 1.29 is 0 Å². The first-order valence-electron chi connectivity index (χ1n) is 6.41. The first-order chi connectivity index (χ1) is 6.86. The topological polar surface area (TPSA) is 6.48 Å². The molecule has 0 saturated carbocycles. The molecule has 2 atom stereocenters. The Kier molecular flexibility index (Phi) is 4.24. The lowest BCUT2D eigenvalue weighted by atomic mass is 9.66. The van der Waals surface area contributed by atoms with Crippen LogP contribution in [0.25, 0.3) is 0 Å². The van der Waals surface area contributed by atoms with E-state index in [-0.39, 0.29) is 0 Å². The lowest BCUT2D eigenvalue weighted by molar-refractivity contribution is 0.136. The molecular weight excluding hydrogens is 183 g/mol. The summed E-state index contributed by atoms with van der Waals surface area (Å²) in [5, 5.41) is 0. The van der Waals surface area contributed by atoms with Crippen LogP contribution in [0.2, 0.25) is 6.82 Å². The summed E-state index contributed by atoms with van der Waals surface area (Å²) in [7, 11) is 0. The van der Waals surface area contributed by atoms with Crippen molar-refractivity contribution in [2.75, 3.05) is 0 Å². The summed E-state index contributed by atoms with van der Waals surface area (Å²) in [4.78, 5) is 5.28. The summed E-state index contributed by atoms with van der Waals surface area (Å²) in [6, 6.07) is 2.71. The van der Waals surface area contributed by atoms with Gasteiger partial charge in [-0.25, -0.2) is 0 Å². The summed E-state index contributed by atoms with van der Waals surface area (Å²) >= 11 is 0. The molecule has 0 radical (unpaired) electrons. The molecule has 0 bridgehead atoms. The van der Waals surface area contributed by atoms with Gasteiger partial charge in [0.15, 0.2) is 0 Å². The van der Waals surface area contributed by atoms with Crippen LogP contribution in [0.5, 0.6) is 0 Å². The molecule has 2 unspecified atom stereocenters. The monoisotopic (exact) mass is 210 g/mol. The van der Waals surface area contributed by atoms with Gasteiger partial charge in [-0.2, -0.15) is 0 Å². The third-order valence-electron chi connectivity index (χ3n) is 3.76. The molecule has 2 nitrogen and oxygen atoms in total. The summed E-state index contributed by atoms with van der Waals surface area (Å²) in [6.45, 7) is 16.9. The molecule has 0 amide bonds. The van der Waals surface area contributed by atoms with Gasteiger partial charge >= 0.3 is 6.98 Å². The summed E-state index contributed by atoms with van der Waals surface area (Å²) in [6.07, 6.45) is 1.29. The minimum absolute atomic E-state index is 0.573. The van der Waals surface area contributed by atoms with Crippen molar-refractivity contribution in [3.05, 3.63) is 0 Å². The van der Waals surface area contributed by atoms with Crippen LogP contribution in [0, 0.1) is 0 Å². The van der Waals surface area contributed by atoms with Crippen molar-refractivity contribution >= 4 is 6.98 Å². The fourth-order valence-electron chi connectivity index (χ4n) is 3.51. The lowest BCUT2D eigenvalue weighted by Crippen LogP contribution is -2.66. The average molecular weight is 210 g/mol. The average Bonchev–Trinajstić information content (AvgIpc) is 1.99. The Morgan fingerprint density at radius 3 is 1.53 bits per heavy atom. The van der Waals surface area contributed by atoms with E-state index in [1.165, 1.54) is 6.42 Å². The van der Waals surface area contributed by atoms with Crippen LogP contribution in [-0.2, 0) is 0 Å². The van der Waals surface area contributed by atoms with E-state index >= 15 is 0 Å². The van der Waals surface area contributed by atoms with Crippen LogP contribution in [-0.4, -0.2) is 40.8 Å². The van der Waals surface area contributed by atoms with Crippen LogP contribution in [0.3, 0.4) is 0 Å². The van der Waals surface area contributed by atoms with Crippen molar-refractivity contribution in [3.63, 3.8) is 0 Å². The number of rotatable bonds is 2. The van der Waals surface area contributed by atoms with Crippen molar-refractivity contribution in [3.8, 4) is 0 Å². The predicted molar refractivity (Wildman–Crippen MR) is 69.1 cm³/mol. The Bertz CT molecular complexity index is 186. The molecule has 0 spiro atoms. The van der Waals surface area contributed by atoms with Crippen LogP contribution in [0.15, 0.2) is 0 Å². The third kappa shape index (κ3) is 2.56. The highest BCUT2D eigenvalue weighted by atomic mass is 15.3.